The summed E-state index contributed by atoms with van der Waals surface area (Å²) in [5, 5.41) is 6.75. The molecule has 1 amide bonds. The molecule has 4 rings (SSSR count). The molecule has 0 radical (unpaired) electrons. The number of carbonyl (C=O) groups excluding carboxylic acids is 1. The quantitative estimate of drug-likeness (QED) is 0.780. The third kappa shape index (κ3) is 5.13. The Labute approximate surface area is 180 Å². The second kappa shape index (κ2) is 10.0. The number of hydrogen-bond donors (Lipinski definition) is 1. The first-order chi connectivity index (χ1) is 12.2. The number of halogens is 3. The maximum absolute atomic E-state index is 12.8. The van der Waals surface area contributed by atoms with Crippen LogP contribution in [0.3, 0.4) is 0 Å². The summed E-state index contributed by atoms with van der Waals surface area (Å²) in [5.74, 6) is 0.0437. The van der Waals surface area contributed by atoms with E-state index in [1.165, 1.54) is 11.3 Å². The van der Waals surface area contributed by atoms with Crippen molar-refractivity contribution in [2.45, 2.75) is 12.5 Å². The third-order valence-corrected chi connectivity index (χ3v) is 6.04. The van der Waals surface area contributed by atoms with Crippen molar-refractivity contribution in [1.82, 2.24) is 20.1 Å². The first-order valence-electron chi connectivity index (χ1n) is 8.66. The normalized spacial score (nSPS) is 20.0. The molecule has 27 heavy (non-hydrogen) atoms. The van der Waals surface area contributed by atoms with Crippen LogP contribution >= 0.6 is 47.8 Å². The first-order valence-corrected chi connectivity index (χ1v) is 9.92. The van der Waals surface area contributed by atoms with Crippen LogP contribution in [0, 0.1) is 0 Å². The van der Waals surface area contributed by atoms with Crippen molar-refractivity contribution >= 4 is 53.7 Å². The molecule has 0 spiro atoms. The number of carbonyl (C=O) groups is 1. The lowest BCUT2D eigenvalue weighted by Gasteiger charge is -2.32. The minimum atomic E-state index is 0. The number of piperazine rings is 1. The van der Waals surface area contributed by atoms with Crippen molar-refractivity contribution in [3.05, 3.63) is 40.4 Å². The van der Waals surface area contributed by atoms with Gasteiger partial charge in [0.15, 0.2) is 0 Å². The Morgan fingerprint density at radius 3 is 2.74 bits per heavy atom. The van der Waals surface area contributed by atoms with E-state index in [1.54, 1.807) is 0 Å². The van der Waals surface area contributed by atoms with E-state index in [4.69, 9.17) is 11.6 Å². The highest BCUT2D eigenvalue weighted by atomic mass is 35.5. The van der Waals surface area contributed by atoms with E-state index in [0.29, 0.717) is 16.8 Å². The molecule has 1 unspecified atom stereocenters. The maximum atomic E-state index is 12.8. The summed E-state index contributed by atoms with van der Waals surface area (Å²) in [5.41, 5.74) is 1.50. The Bertz CT molecular complexity index is 767. The molecule has 2 saturated heterocycles. The van der Waals surface area contributed by atoms with Gasteiger partial charge in [-0.2, -0.15) is 0 Å². The van der Waals surface area contributed by atoms with Crippen LogP contribution in [0.5, 0.6) is 0 Å². The minimum absolute atomic E-state index is 0. The van der Waals surface area contributed by atoms with Gasteiger partial charge in [-0.05, 0) is 18.6 Å². The van der Waals surface area contributed by atoms with E-state index in [0.717, 1.165) is 56.3 Å². The van der Waals surface area contributed by atoms with Gasteiger partial charge in [0.25, 0.3) is 5.91 Å². The predicted molar refractivity (Wildman–Crippen MR) is 116 cm³/mol. The van der Waals surface area contributed by atoms with Gasteiger partial charge in [0.1, 0.15) is 10.7 Å². The van der Waals surface area contributed by atoms with Gasteiger partial charge in [0, 0.05) is 61.3 Å². The van der Waals surface area contributed by atoms with E-state index in [-0.39, 0.29) is 30.7 Å². The summed E-state index contributed by atoms with van der Waals surface area (Å²) in [7, 11) is 0. The minimum Gasteiger partial charge on any atom is -0.336 e. The summed E-state index contributed by atoms with van der Waals surface area (Å²) in [4.78, 5) is 21.8. The molecule has 1 N–H and O–H groups in total. The fourth-order valence-electron chi connectivity index (χ4n) is 3.56. The zero-order chi connectivity index (χ0) is 17.2. The van der Waals surface area contributed by atoms with Crippen LogP contribution in [-0.2, 0) is 0 Å². The Morgan fingerprint density at radius 2 is 2.00 bits per heavy atom. The molecule has 3 heterocycles. The molecule has 5 nitrogen and oxygen atoms in total. The molecule has 0 aliphatic carbocycles. The fourth-order valence-corrected chi connectivity index (χ4v) is 4.54. The van der Waals surface area contributed by atoms with Gasteiger partial charge < -0.3 is 10.2 Å². The van der Waals surface area contributed by atoms with Crippen molar-refractivity contribution in [2.75, 3.05) is 39.3 Å². The predicted octanol–water partition coefficient (Wildman–Crippen LogP) is 3.43. The van der Waals surface area contributed by atoms with Gasteiger partial charge in [-0.15, -0.1) is 36.2 Å². The first kappa shape index (κ1) is 22.4. The van der Waals surface area contributed by atoms with E-state index in [2.05, 4.69) is 15.2 Å². The average molecular weight is 450 g/mol. The summed E-state index contributed by atoms with van der Waals surface area (Å²) in [6.07, 6.45) is 1.05. The lowest BCUT2D eigenvalue weighted by Crippen LogP contribution is -2.49. The standard InChI is InChI=1S/C18H21ClN4OS.2ClH/c19-14-3-1-2-13(10-14)17-21-16(12-25-17)18(24)23-7-4-15(11-23)22-8-5-20-6-9-22;;/h1-3,10,12,15,20H,4-9,11H2;2*1H. The highest BCUT2D eigenvalue weighted by molar-refractivity contribution is 7.13. The highest BCUT2D eigenvalue weighted by Crippen LogP contribution is 2.27. The van der Waals surface area contributed by atoms with E-state index in [9.17, 15) is 4.79 Å². The number of likely N-dealkylation sites (tertiary alicyclic amines) is 1. The Hall–Kier alpha value is -0.890. The molecule has 1 aromatic heterocycles. The molecule has 2 aromatic rings. The number of benzene rings is 1. The fraction of sp³-hybridized carbons (Fsp3) is 0.444. The molecule has 2 aliphatic heterocycles. The molecule has 148 valence electrons. The summed E-state index contributed by atoms with van der Waals surface area (Å²) < 4.78 is 0. The van der Waals surface area contributed by atoms with Crippen molar-refractivity contribution in [3.63, 3.8) is 0 Å². The second-order valence-electron chi connectivity index (χ2n) is 6.53. The van der Waals surface area contributed by atoms with Gasteiger partial charge in [0.05, 0.1) is 0 Å². The van der Waals surface area contributed by atoms with Crippen molar-refractivity contribution < 1.29 is 4.79 Å². The molecule has 0 saturated carbocycles. The van der Waals surface area contributed by atoms with E-state index < -0.39 is 0 Å². The SMILES string of the molecule is Cl.Cl.O=C(c1csc(-c2cccc(Cl)c2)n1)N1CCC(N2CCNCC2)C1. The number of nitrogens with one attached hydrogen (secondary N) is 1. The third-order valence-electron chi connectivity index (χ3n) is 4.91. The maximum Gasteiger partial charge on any atom is 0.273 e. The number of aromatic nitrogens is 1. The number of hydrogen-bond acceptors (Lipinski definition) is 5. The molecule has 1 aromatic carbocycles. The lowest BCUT2D eigenvalue weighted by atomic mass is 10.2. The Kier molecular flexibility index (Phi) is 8.34. The van der Waals surface area contributed by atoms with Crippen LogP contribution in [0.1, 0.15) is 16.9 Å². The van der Waals surface area contributed by atoms with E-state index >= 15 is 0 Å². The Balaban J connectivity index is 0.00000131. The highest BCUT2D eigenvalue weighted by Gasteiger charge is 2.32. The van der Waals surface area contributed by atoms with Gasteiger partial charge in [-0.25, -0.2) is 4.98 Å². The van der Waals surface area contributed by atoms with Crippen LogP contribution in [-0.4, -0.2) is 66.0 Å². The lowest BCUT2D eigenvalue weighted by molar-refractivity contribution is 0.0768. The summed E-state index contributed by atoms with van der Waals surface area (Å²) >= 11 is 7.54. The molecule has 0 bridgehead atoms. The average Bonchev–Trinajstić information content (AvgIpc) is 3.32. The zero-order valence-corrected chi connectivity index (χ0v) is 18.0. The van der Waals surface area contributed by atoms with Crippen molar-refractivity contribution in [1.29, 1.82) is 0 Å². The molecule has 2 fully saturated rings. The molecule has 2 aliphatic rings. The van der Waals surface area contributed by atoms with Crippen molar-refractivity contribution in [3.8, 4) is 10.6 Å². The van der Waals surface area contributed by atoms with Crippen LogP contribution in [0.15, 0.2) is 29.6 Å². The number of nitrogens with zero attached hydrogens (tertiary/aromatic N) is 3. The van der Waals surface area contributed by atoms with Crippen LogP contribution in [0.25, 0.3) is 10.6 Å². The number of rotatable bonds is 3. The smallest absolute Gasteiger partial charge is 0.273 e. The number of thiazole rings is 1. The van der Waals surface area contributed by atoms with Gasteiger partial charge in [0.2, 0.25) is 0 Å². The van der Waals surface area contributed by atoms with Gasteiger partial charge in [-0.3, -0.25) is 9.69 Å². The summed E-state index contributed by atoms with van der Waals surface area (Å²) in [6, 6.07) is 8.07. The van der Waals surface area contributed by atoms with Crippen LogP contribution < -0.4 is 5.32 Å². The molecular formula is C18H23Cl3N4OS. The van der Waals surface area contributed by atoms with Gasteiger partial charge in [-0.1, -0.05) is 23.7 Å². The van der Waals surface area contributed by atoms with Crippen LogP contribution in [0.2, 0.25) is 5.02 Å². The van der Waals surface area contributed by atoms with E-state index in [1.807, 2.05) is 34.5 Å². The Morgan fingerprint density at radius 1 is 1.22 bits per heavy atom. The van der Waals surface area contributed by atoms with Crippen LogP contribution in [0.4, 0.5) is 0 Å². The topological polar surface area (TPSA) is 48.5 Å². The summed E-state index contributed by atoms with van der Waals surface area (Å²) in [6.45, 7) is 5.85. The molecular weight excluding hydrogens is 427 g/mol. The molecule has 9 heteroatoms. The second-order valence-corrected chi connectivity index (χ2v) is 7.82. The van der Waals surface area contributed by atoms with Gasteiger partial charge >= 0.3 is 0 Å². The monoisotopic (exact) mass is 448 g/mol. The number of amides is 1. The molecule has 1 atom stereocenters. The zero-order valence-electron chi connectivity index (χ0n) is 14.8. The van der Waals surface area contributed by atoms with Crippen molar-refractivity contribution in [2.24, 2.45) is 0 Å². The largest absolute Gasteiger partial charge is 0.336 e.